The molecule has 1 heterocycles. The van der Waals surface area contributed by atoms with Gasteiger partial charge in [-0.1, -0.05) is 13.8 Å². The van der Waals surface area contributed by atoms with E-state index in [1.54, 1.807) is 0 Å². The van der Waals surface area contributed by atoms with Crippen LogP contribution in [0.25, 0.3) is 0 Å². The summed E-state index contributed by atoms with van der Waals surface area (Å²) in [6.45, 7) is 4.74. The maximum absolute atomic E-state index is 13.1. The van der Waals surface area contributed by atoms with Crippen molar-refractivity contribution in [1.82, 2.24) is 4.98 Å². The maximum Gasteiger partial charge on any atom is 0.218 e. The van der Waals surface area contributed by atoms with Gasteiger partial charge in [0, 0.05) is 12.1 Å². The smallest absolute Gasteiger partial charge is 0.218 e. The molecule has 0 aromatic carbocycles. The first-order valence-electron chi connectivity index (χ1n) is 6.59. The average Bonchev–Trinajstić information content (AvgIpc) is 2.30. The van der Waals surface area contributed by atoms with Gasteiger partial charge in [-0.3, -0.25) is 0 Å². The number of aromatic nitrogens is 1. The summed E-state index contributed by atoms with van der Waals surface area (Å²) in [7, 11) is 0. The Kier molecular flexibility index (Phi) is 4.17. The van der Waals surface area contributed by atoms with E-state index in [1.807, 2.05) is 0 Å². The van der Waals surface area contributed by atoms with Crippen LogP contribution < -0.4 is 10.5 Å². The van der Waals surface area contributed by atoms with Gasteiger partial charge in [0.2, 0.25) is 5.88 Å². The summed E-state index contributed by atoms with van der Waals surface area (Å²) in [5.74, 6) is 1.46. The molecule has 1 saturated carbocycles. The number of halogens is 1. The summed E-state index contributed by atoms with van der Waals surface area (Å²) >= 11 is 0. The first-order valence-corrected chi connectivity index (χ1v) is 6.59. The average molecular weight is 252 g/mol. The standard InChI is InChI=1S/C14H21FN2O/c1-9-3-10(2)5-13(4-9)18-14-11(7-16)6-12(15)8-17-14/h6,8-10,13H,3-5,7,16H2,1-2H3. The lowest BCUT2D eigenvalue weighted by Gasteiger charge is -2.31. The van der Waals surface area contributed by atoms with Crippen LogP contribution >= 0.6 is 0 Å². The topological polar surface area (TPSA) is 48.1 Å². The van der Waals surface area contributed by atoms with Gasteiger partial charge < -0.3 is 10.5 Å². The minimum Gasteiger partial charge on any atom is -0.474 e. The summed E-state index contributed by atoms with van der Waals surface area (Å²) in [4.78, 5) is 4.02. The SMILES string of the molecule is CC1CC(C)CC(Oc2ncc(F)cc2CN)C1. The lowest BCUT2D eigenvalue weighted by atomic mass is 9.82. The third-order valence-corrected chi connectivity index (χ3v) is 3.53. The van der Waals surface area contributed by atoms with Crippen LogP contribution in [0, 0.1) is 17.7 Å². The summed E-state index contributed by atoms with van der Waals surface area (Å²) in [6.07, 6.45) is 4.68. The van der Waals surface area contributed by atoms with Crippen LogP contribution in [0.15, 0.2) is 12.3 Å². The van der Waals surface area contributed by atoms with Crippen molar-refractivity contribution in [3.05, 3.63) is 23.6 Å². The van der Waals surface area contributed by atoms with Gasteiger partial charge in [-0.25, -0.2) is 9.37 Å². The van der Waals surface area contributed by atoms with E-state index < -0.39 is 0 Å². The van der Waals surface area contributed by atoms with Crippen LogP contribution in [0.4, 0.5) is 4.39 Å². The molecule has 2 atom stereocenters. The Morgan fingerprint density at radius 2 is 2.00 bits per heavy atom. The van der Waals surface area contributed by atoms with Crippen molar-refractivity contribution < 1.29 is 9.13 Å². The predicted molar refractivity (Wildman–Crippen MR) is 68.7 cm³/mol. The molecule has 1 aliphatic rings. The lowest BCUT2D eigenvalue weighted by molar-refractivity contribution is 0.0955. The highest BCUT2D eigenvalue weighted by molar-refractivity contribution is 5.26. The van der Waals surface area contributed by atoms with Gasteiger partial charge >= 0.3 is 0 Å². The molecule has 4 heteroatoms. The molecule has 2 rings (SSSR count). The number of rotatable bonds is 3. The Balaban J connectivity index is 2.08. The molecule has 0 aliphatic heterocycles. The number of nitrogens with two attached hydrogens (primary N) is 1. The van der Waals surface area contributed by atoms with Crippen molar-refractivity contribution in [2.75, 3.05) is 0 Å². The molecule has 1 aliphatic carbocycles. The Bertz CT molecular complexity index is 401. The molecule has 100 valence electrons. The number of ether oxygens (including phenoxy) is 1. The zero-order chi connectivity index (χ0) is 13.1. The van der Waals surface area contributed by atoms with Crippen molar-refractivity contribution in [2.45, 2.75) is 45.8 Å². The quantitative estimate of drug-likeness (QED) is 0.899. The monoisotopic (exact) mass is 252 g/mol. The van der Waals surface area contributed by atoms with Crippen LogP contribution in [0.5, 0.6) is 5.88 Å². The van der Waals surface area contributed by atoms with Gasteiger partial charge in [0.15, 0.2) is 0 Å². The molecule has 1 aromatic heterocycles. The lowest BCUT2D eigenvalue weighted by Crippen LogP contribution is -2.29. The fourth-order valence-corrected chi connectivity index (χ4v) is 2.85. The Morgan fingerprint density at radius 1 is 1.33 bits per heavy atom. The van der Waals surface area contributed by atoms with E-state index in [0.29, 0.717) is 23.3 Å². The molecule has 0 bridgehead atoms. The molecule has 0 amide bonds. The molecule has 0 radical (unpaired) electrons. The first-order chi connectivity index (χ1) is 8.58. The maximum atomic E-state index is 13.1. The van der Waals surface area contributed by atoms with Crippen molar-refractivity contribution >= 4 is 0 Å². The van der Waals surface area contributed by atoms with Crippen LogP contribution in [-0.2, 0) is 6.54 Å². The zero-order valence-corrected chi connectivity index (χ0v) is 11.0. The van der Waals surface area contributed by atoms with Crippen LogP contribution in [0.3, 0.4) is 0 Å². The third-order valence-electron chi connectivity index (χ3n) is 3.53. The number of nitrogens with zero attached hydrogens (tertiary/aromatic N) is 1. The molecule has 1 fully saturated rings. The molecule has 3 nitrogen and oxygen atoms in total. The molecular weight excluding hydrogens is 231 g/mol. The van der Waals surface area contributed by atoms with E-state index in [0.717, 1.165) is 12.8 Å². The van der Waals surface area contributed by atoms with Gasteiger partial charge in [-0.05, 0) is 37.2 Å². The van der Waals surface area contributed by atoms with E-state index in [4.69, 9.17) is 10.5 Å². The second kappa shape index (κ2) is 5.65. The van der Waals surface area contributed by atoms with Crippen LogP contribution in [0.1, 0.15) is 38.7 Å². The van der Waals surface area contributed by atoms with Gasteiger partial charge in [0.25, 0.3) is 0 Å². The Hall–Kier alpha value is -1.16. The van der Waals surface area contributed by atoms with Crippen molar-refractivity contribution in [1.29, 1.82) is 0 Å². The highest BCUT2D eigenvalue weighted by atomic mass is 19.1. The summed E-state index contributed by atoms with van der Waals surface area (Å²) in [5.41, 5.74) is 6.23. The van der Waals surface area contributed by atoms with Crippen LogP contribution in [-0.4, -0.2) is 11.1 Å². The van der Waals surface area contributed by atoms with E-state index in [2.05, 4.69) is 18.8 Å². The number of hydrogen-bond acceptors (Lipinski definition) is 3. The van der Waals surface area contributed by atoms with Gasteiger partial charge in [-0.2, -0.15) is 0 Å². The predicted octanol–water partition coefficient (Wildman–Crippen LogP) is 2.88. The molecular formula is C14H21FN2O. The van der Waals surface area contributed by atoms with Crippen molar-refractivity contribution in [3.8, 4) is 5.88 Å². The fourth-order valence-electron chi connectivity index (χ4n) is 2.85. The van der Waals surface area contributed by atoms with E-state index in [1.165, 1.54) is 18.7 Å². The Labute approximate surface area is 108 Å². The summed E-state index contributed by atoms with van der Waals surface area (Å²) in [6, 6.07) is 1.40. The largest absolute Gasteiger partial charge is 0.474 e. The second-order valence-electron chi connectivity index (χ2n) is 5.48. The minimum atomic E-state index is -0.367. The van der Waals surface area contributed by atoms with Crippen LogP contribution in [0.2, 0.25) is 0 Å². The highest BCUT2D eigenvalue weighted by Crippen LogP contribution is 2.31. The van der Waals surface area contributed by atoms with Crippen molar-refractivity contribution in [3.63, 3.8) is 0 Å². The molecule has 2 unspecified atom stereocenters. The normalized spacial score (nSPS) is 28.1. The Morgan fingerprint density at radius 3 is 2.61 bits per heavy atom. The summed E-state index contributed by atoms with van der Waals surface area (Å²) < 4.78 is 19.0. The van der Waals surface area contributed by atoms with Crippen molar-refractivity contribution in [2.24, 2.45) is 17.6 Å². The molecule has 2 N–H and O–H groups in total. The number of hydrogen-bond donors (Lipinski definition) is 1. The summed E-state index contributed by atoms with van der Waals surface area (Å²) in [5, 5.41) is 0. The second-order valence-corrected chi connectivity index (χ2v) is 5.48. The van der Waals surface area contributed by atoms with E-state index >= 15 is 0 Å². The highest BCUT2D eigenvalue weighted by Gasteiger charge is 2.26. The molecule has 0 spiro atoms. The molecule has 18 heavy (non-hydrogen) atoms. The molecule has 0 saturated heterocycles. The number of pyridine rings is 1. The van der Waals surface area contributed by atoms with E-state index in [-0.39, 0.29) is 18.5 Å². The zero-order valence-electron chi connectivity index (χ0n) is 11.0. The minimum absolute atomic E-state index is 0.173. The van der Waals surface area contributed by atoms with Gasteiger partial charge in [0.1, 0.15) is 11.9 Å². The first kappa shape index (κ1) is 13.3. The van der Waals surface area contributed by atoms with Gasteiger partial charge in [0.05, 0.1) is 6.20 Å². The molecule has 1 aromatic rings. The fraction of sp³-hybridized carbons (Fsp3) is 0.643. The third kappa shape index (κ3) is 3.19. The van der Waals surface area contributed by atoms with E-state index in [9.17, 15) is 4.39 Å². The van der Waals surface area contributed by atoms with Gasteiger partial charge in [-0.15, -0.1) is 0 Å².